The van der Waals surface area contributed by atoms with Gasteiger partial charge in [-0.15, -0.1) is 0 Å². The SMILES string of the molecule is CC(C)(C)OC(=O)N(C(=O)O)c1c(F)c(Br)cc(F)c1[N+](=O)[O-]. The molecule has 126 valence electrons. The third-order valence-corrected chi connectivity index (χ3v) is 2.87. The zero-order valence-corrected chi connectivity index (χ0v) is 13.7. The van der Waals surface area contributed by atoms with E-state index in [9.17, 15) is 28.5 Å². The van der Waals surface area contributed by atoms with Crippen LogP contribution >= 0.6 is 15.9 Å². The zero-order chi connectivity index (χ0) is 18.1. The molecule has 0 radical (unpaired) electrons. The van der Waals surface area contributed by atoms with E-state index in [0.717, 1.165) is 0 Å². The lowest BCUT2D eigenvalue weighted by Gasteiger charge is -2.24. The predicted molar refractivity (Wildman–Crippen MR) is 77.5 cm³/mol. The minimum Gasteiger partial charge on any atom is -0.464 e. The lowest BCUT2D eigenvalue weighted by molar-refractivity contribution is -0.386. The number of amides is 2. The summed E-state index contributed by atoms with van der Waals surface area (Å²) in [5.41, 5.74) is -4.04. The monoisotopic (exact) mass is 396 g/mol. The maximum Gasteiger partial charge on any atom is 0.424 e. The number of nitro groups is 1. The van der Waals surface area contributed by atoms with Crippen molar-refractivity contribution in [3.8, 4) is 0 Å². The molecule has 0 aliphatic heterocycles. The molecule has 23 heavy (non-hydrogen) atoms. The fraction of sp³-hybridized carbons (Fsp3) is 0.333. The molecule has 1 N–H and O–H groups in total. The summed E-state index contributed by atoms with van der Waals surface area (Å²) >= 11 is 2.60. The topological polar surface area (TPSA) is 110 Å². The first-order valence-electron chi connectivity index (χ1n) is 5.94. The minimum absolute atomic E-state index is 0.355. The van der Waals surface area contributed by atoms with Gasteiger partial charge in [-0.05, 0) is 42.8 Å². The first kappa shape index (κ1) is 18.7. The van der Waals surface area contributed by atoms with Crippen LogP contribution in [0.1, 0.15) is 20.8 Å². The number of carboxylic acid groups (broad SMARTS) is 1. The number of nitrogens with zero attached hydrogens (tertiary/aromatic N) is 2. The molecule has 0 atom stereocenters. The molecular formula is C12H11BrF2N2O6. The quantitative estimate of drug-likeness (QED) is 0.458. The number of carbonyl (C=O) groups is 2. The van der Waals surface area contributed by atoms with E-state index in [1.807, 2.05) is 0 Å². The van der Waals surface area contributed by atoms with Gasteiger partial charge in [0.2, 0.25) is 5.82 Å². The Bertz CT molecular complexity index is 689. The van der Waals surface area contributed by atoms with Crippen LogP contribution in [-0.4, -0.2) is 27.8 Å². The molecule has 0 saturated heterocycles. The Hall–Kier alpha value is -2.30. The second-order valence-corrected chi connectivity index (χ2v) is 6.06. The van der Waals surface area contributed by atoms with Gasteiger partial charge < -0.3 is 9.84 Å². The average Bonchev–Trinajstić information content (AvgIpc) is 2.32. The van der Waals surface area contributed by atoms with Crippen LogP contribution in [0.4, 0.5) is 29.7 Å². The van der Waals surface area contributed by atoms with Crippen LogP contribution in [0.3, 0.4) is 0 Å². The van der Waals surface area contributed by atoms with Crippen molar-refractivity contribution in [1.82, 2.24) is 0 Å². The molecule has 1 rings (SSSR count). The van der Waals surface area contributed by atoms with Gasteiger partial charge in [-0.3, -0.25) is 10.1 Å². The van der Waals surface area contributed by atoms with Crippen molar-refractivity contribution in [2.24, 2.45) is 0 Å². The molecular weight excluding hydrogens is 386 g/mol. The maximum atomic E-state index is 14.2. The second kappa shape index (κ2) is 6.44. The van der Waals surface area contributed by atoms with Crippen LogP contribution < -0.4 is 4.90 Å². The van der Waals surface area contributed by atoms with Crippen LogP contribution in [0.25, 0.3) is 0 Å². The highest BCUT2D eigenvalue weighted by Crippen LogP contribution is 2.38. The van der Waals surface area contributed by atoms with Crippen molar-refractivity contribution >= 4 is 39.5 Å². The summed E-state index contributed by atoms with van der Waals surface area (Å²) in [5, 5.41) is 20.1. The number of nitro benzene ring substituents is 1. The molecule has 0 aromatic heterocycles. The number of benzene rings is 1. The number of hydrogen-bond acceptors (Lipinski definition) is 5. The van der Waals surface area contributed by atoms with Crippen molar-refractivity contribution in [3.05, 3.63) is 32.3 Å². The molecule has 0 heterocycles. The van der Waals surface area contributed by atoms with Crippen molar-refractivity contribution in [1.29, 1.82) is 0 Å². The molecule has 11 heteroatoms. The summed E-state index contributed by atoms with van der Waals surface area (Å²) in [5.74, 6) is -3.01. The lowest BCUT2D eigenvalue weighted by Crippen LogP contribution is -2.41. The molecule has 0 bridgehead atoms. The fourth-order valence-electron chi connectivity index (χ4n) is 1.52. The van der Waals surface area contributed by atoms with E-state index in [1.54, 1.807) is 0 Å². The van der Waals surface area contributed by atoms with Crippen molar-refractivity contribution in [2.45, 2.75) is 26.4 Å². The van der Waals surface area contributed by atoms with Crippen molar-refractivity contribution in [2.75, 3.05) is 4.90 Å². The molecule has 0 aliphatic carbocycles. The second-order valence-electron chi connectivity index (χ2n) is 5.21. The van der Waals surface area contributed by atoms with Gasteiger partial charge in [-0.2, -0.15) is 9.29 Å². The Labute approximate surface area is 136 Å². The molecule has 1 aromatic carbocycles. The van der Waals surface area contributed by atoms with E-state index in [0.29, 0.717) is 6.07 Å². The molecule has 0 unspecified atom stereocenters. The van der Waals surface area contributed by atoms with Gasteiger partial charge >= 0.3 is 17.9 Å². The molecule has 2 amide bonds. The van der Waals surface area contributed by atoms with Crippen molar-refractivity contribution in [3.63, 3.8) is 0 Å². The van der Waals surface area contributed by atoms with E-state index in [2.05, 4.69) is 15.9 Å². The van der Waals surface area contributed by atoms with Gasteiger partial charge in [0.15, 0.2) is 11.5 Å². The zero-order valence-electron chi connectivity index (χ0n) is 12.1. The molecule has 0 fully saturated rings. The van der Waals surface area contributed by atoms with Gasteiger partial charge in [0.25, 0.3) is 0 Å². The molecule has 1 aromatic rings. The highest BCUT2D eigenvalue weighted by Gasteiger charge is 2.39. The number of carbonyl (C=O) groups excluding carboxylic acids is 1. The van der Waals surface area contributed by atoms with E-state index in [1.165, 1.54) is 20.8 Å². The minimum atomic E-state index is -2.07. The number of halogens is 3. The smallest absolute Gasteiger partial charge is 0.424 e. The summed E-state index contributed by atoms with van der Waals surface area (Å²) in [4.78, 5) is 32.5. The lowest BCUT2D eigenvalue weighted by atomic mass is 10.2. The van der Waals surface area contributed by atoms with E-state index in [4.69, 9.17) is 9.84 Å². The fourth-order valence-corrected chi connectivity index (χ4v) is 1.91. The van der Waals surface area contributed by atoms with Gasteiger partial charge in [0.1, 0.15) is 5.60 Å². The van der Waals surface area contributed by atoms with Crippen molar-refractivity contribution < 1.29 is 33.1 Å². The standard InChI is InChI=1S/C12H11BrF2N2O6/c1-12(2,3)23-11(20)16(10(18)19)9-7(15)5(13)4-6(14)8(9)17(21)22/h4H,1-3H3,(H,18,19). The number of hydrogen-bond donors (Lipinski definition) is 1. The first-order chi connectivity index (χ1) is 10.4. The average molecular weight is 397 g/mol. The number of rotatable bonds is 2. The number of imide groups is 1. The Morgan fingerprint density at radius 3 is 2.30 bits per heavy atom. The summed E-state index contributed by atoms with van der Waals surface area (Å²) in [6, 6.07) is 0.450. The third-order valence-electron chi connectivity index (χ3n) is 2.30. The highest BCUT2D eigenvalue weighted by atomic mass is 79.9. The van der Waals surface area contributed by atoms with Crippen LogP contribution in [0.2, 0.25) is 0 Å². The molecule has 8 nitrogen and oxygen atoms in total. The van der Waals surface area contributed by atoms with Crippen LogP contribution in [-0.2, 0) is 4.74 Å². The van der Waals surface area contributed by atoms with E-state index >= 15 is 0 Å². The largest absolute Gasteiger partial charge is 0.464 e. The molecule has 0 saturated carbocycles. The maximum absolute atomic E-state index is 14.2. The Kier molecular flexibility index (Phi) is 5.25. The van der Waals surface area contributed by atoms with Crippen LogP contribution in [0, 0.1) is 21.7 Å². The van der Waals surface area contributed by atoms with Gasteiger partial charge in [-0.1, -0.05) is 0 Å². The van der Waals surface area contributed by atoms with E-state index < -0.39 is 50.2 Å². The summed E-state index contributed by atoms with van der Waals surface area (Å²) in [6.07, 6.45) is -3.68. The Balaban J connectivity index is 3.64. The summed E-state index contributed by atoms with van der Waals surface area (Å²) in [7, 11) is 0. The molecule has 0 spiro atoms. The highest BCUT2D eigenvalue weighted by molar-refractivity contribution is 9.10. The third kappa shape index (κ3) is 4.12. The normalized spacial score (nSPS) is 11.0. The predicted octanol–water partition coefficient (Wildman–Crippen LogP) is 4.06. The summed E-state index contributed by atoms with van der Waals surface area (Å²) < 4.78 is 32.1. The first-order valence-corrected chi connectivity index (χ1v) is 6.74. The van der Waals surface area contributed by atoms with Gasteiger partial charge in [0, 0.05) is 0 Å². The molecule has 0 aliphatic rings. The van der Waals surface area contributed by atoms with Gasteiger partial charge in [-0.25, -0.2) is 14.0 Å². The number of anilines is 1. The number of ether oxygens (including phenoxy) is 1. The summed E-state index contributed by atoms with van der Waals surface area (Å²) in [6.45, 7) is 4.20. The Morgan fingerprint density at radius 2 is 1.91 bits per heavy atom. The van der Waals surface area contributed by atoms with Crippen LogP contribution in [0.5, 0.6) is 0 Å². The van der Waals surface area contributed by atoms with Crippen LogP contribution in [0.15, 0.2) is 10.5 Å². The van der Waals surface area contributed by atoms with Gasteiger partial charge in [0.05, 0.1) is 9.40 Å². The van der Waals surface area contributed by atoms with E-state index in [-0.39, 0.29) is 4.90 Å². The Morgan fingerprint density at radius 1 is 1.39 bits per heavy atom.